The summed E-state index contributed by atoms with van der Waals surface area (Å²) >= 11 is 1.63. The van der Waals surface area contributed by atoms with Crippen molar-refractivity contribution in [3.8, 4) is 0 Å². The molecule has 138 valence electrons. The Balaban J connectivity index is 0.00000168. The first kappa shape index (κ1) is 17.6. The third-order valence-electron chi connectivity index (χ3n) is 5.43. The van der Waals surface area contributed by atoms with E-state index in [1.807, 2.05) is 0 Å². The lowest BCUT2D eigenvalue weighted by molar-refractivity contribution is 0.334. The molecule has 0 amide bonds. The normalized spacial score (nSPS) is 22.0. The number of nitrogens with zero attached hydrogens (tertiary/aromatic N) is 5. The smallest absolute Gasteiger partial charge is 0.249 e. The fourth-order valence-electron chi connectivity index (χ4n) is 4.09. The van der Waals surface area contributed by atoms with Crippen LogP contribution >= 0.6 is 23.7 Å². The second-order valence-electron chi connectivity index (χ2n) is 7.01. The molecule has 0 spiro atoms. The average molecular weight is 393 g/mol. The number of rotatable bonds is 3. The van der Waals surface area contributed by atoms with Crippen molar-refractivity contribution in [1.29, 1.82) is 0 Å². The monoisotopic (exact) mass is 392 g/mol. The van der Waals surface area contributed by atoms with Crippen LogP contribution in [0.2, 0.25) is 0 Å². The lowest BCUT2D eigenvalue weighted by atomic mass is 9.98. The van der Waals surface area contributed by atoms with Crippen LogP contribution in [0.4, 0.5) is 5.82 Å². The summed E-state index contributed by atoms with van der Waals surface area (Å²) in [6.07, 6.45) is 7.82. The van der Waals surface area contributed by atoms with Gasteiger partial charge >= 0.3 is 0 Å². The molecule has 4 heterocycles. The van der Waals surface area contributed by atoms with E-state index < -0.39 is 5.54 Å². The molecule has 1 aliphatic heterocycles. The van der Waals surface area contributed by atoms with E-state index in [4.69, 9.17) is 15.2 Å². The molecule has 7 nitrogen and oxygen atoms in total. The number of aromatic nitrogens is 4. The van der Waals surface area contributed by atoms with Crippen LogP contribution < -0.4 is 10.6 Å². The van der Waals surface area contributed by atoms with E-state index in [0.717, 1.165) is 61.1 Å². The van der Waals surface area contributed by atoms with Crippen molar-refractivity contribution < 1.29 is 4.52 Å². The van der Waals surface area contributed by atoms with E-state index in [1.165, 1.54) is 0 Å². The van der Waals surface area contributed by atoms with Gasteiger partial charge in [-0.15, -0.1) is 23.7 Å². The van der Waals surface area contributed by atoms with Crippen molar-refractivity contribution in [3.63, 3.8) is 0 Å². The highest BCUT2D eigenvalue weighted by Gasteiger charge is 2.38. The molecule has 1 saturated heterocycles. The number of thiophene rings is 1. The lowest BCUT2D eigenvalue weighted by Crippen LogP contribution is -2.34. The van der Waals surface area contributed by atoms with Crippen molar-refractivity contribution in [2.45, 2.75) is 50.1 Å². The summed E-state index contributed by atoms with van der Waals surface area (Å²) in [7, 11) is 0. The molecule has 1 unspecified atom stereocenters. The molecule has 0 bridgehead atoms. The molecule has 0 radical (unpaired) electrons. The van der Waals surface area contributed by atoms with Crippen molar-refractivity contribution in [2.24, 2.45) is 5.73 Å². The second kappa shape index (κ2) is 6.75. The Kier molecular flexibility index (Phi) is 4.58. The van der Waals surface area contributed by atoms with E-state index in [-0.39, 0.29) is 18.4 Å². The highest BCUT2D eigenvalue weighted by Crippen LogP contribution is 2.40. The van der Waals surface area contributed by atoms with Gasteiger partial charge in [-0.2, -0.15) is 4.98 Å². The average Bonchev–Trinajstić information content (AvgIpc) is 3.38. The number of fused-ring (bicyclic) bond motifs is 1. The summed E-state index contributed by atoms with van der Waals surface area (Å²) in [5, 5.41) is 7.37. The third-order valence-corrected chi connectivity index (χ3v) is 6.25. The van der Waals surface area contributed by atoms with Crippen molar-refractivity contribution in [3.05, 3.63) is 29.5 Å². The predicted octanol–water partition coefficient (Wildman–Crippen LogP) is 3.57. The highest BCUT2D eigenvalue weighted by atomic mass is 35.5. The minimum atomic E-state index is -0.416. The first-order valence-electron chi connectivity index (χ1n) is 8.82. The summed E-state index contributed by atoms with van der Waals surface area (Å²) in [6, 6.07) is 2.14. The van der Waals surface area contributed by atoms with E-state index in [1.54, 1.807) is 17.7 Å². The predicted molar refractivity (Wildman–Crippen MR) is 103 cm³/mol. The Morgan fingerprint density at radius 3 is 2.92 bits per heavy atom. The van der Waals surface area contributed by atoms with Crippen molar-refractivity contribution in [1.82, 2.24) is 20.1 Å². The van der Waals surface area contributed by atoms with Gasteiger partial charge in [0.25, 0.3) is 0 Å². The van der Waals surface area contributed by atoms with Gasteiger partial charge in [0.2, 0.25) is 5.89 Å². The largest absolute Gasteiger partial charge is 0.344 e. The standard InChI is InChI=1S/C17H20N6OS.ClH/c18-17(6-1-2-7-17)16-21-14(24-22-16)12-4-3-8-23(12)13-11-5-9-25-15(11)20-10-19-13;/h5,9-10,12H,1-4,6-8,18H2;1H. The molecular formula is C17H21ClN6OS. The van der Waals surface area contributed by atoms with Crippen molar-refractivity contribution >= 4 is 39.8 Å². The fraction of sp³-hybridized carbons (Fsp3) is 0.529. The molecule has 3 aromatic rings. The van der Waals surface area contributed by atoms with E-state index in [0.29, 0.717) is 11.7 Å². The van der Waals surface area contributed by atoms with Crippen LogP contribution in [0.5, 0.6) is 0 Å². The van der Waals surface area contributed by atoms with Crippen LogP contribution in [0.1, 0.15) is 56.3 Å². The lowest BCUT2D eigenvalue weighted by Gasteiger charge is -2.23. The first-order valence-corrected chi connectivity index (χ1v) is 9.70. The molecule has 5 rings (SSSR count). The van der Waals surface area contributed by atoms with Gasteiger partial charge in [-0.3, -0.25) is 0 Å². The third kappa shape index (κ3) is 2.76. The zero-order valence-electron chi connectivity index (χ0n) is 14.3. The number of halogens is 1. The van der Waals surface area contributed by atoms with Crippen LogP contribution in [-0.4, -0.2) is 26.7 Å². The van der Waals surface area contributed by atoms with Gasteiger partial charge in [0, 0.05) is 6.54 Å². The molecule has 1 atom stereocenters. The zero-order valence-corrected chi connectivity index (χ0v) is 15.9. The van der Waals surface area contributed by atoms with Crippen LogP contribution in [-0.2, 0) is 5.54 Å². The number of nitrogens with two attached hydrogens (primary N) is 1. The summed E-state index contributed by atoms with van der Waals surface area (Å²) in [5.41, 5.74) is 6.06. The first-order chi connectivity index (χ1) is 12.2. The number of anilines is 1. The molecule has 2 N–H and O–H groups in total. The molecule has 26 heavy (non-hydrogen) atoms. The summed E-state index contributed by atoms with van der Waals surface area (Å²) in [5.74, 6) is 2.28. The van der Waals surface area contributed by atoms with Gasteiger partial charge in [-0.25, -0.2) is 9.97 Å². The van der Waals surface area contributed by atoms with Gasteiger partial charge < -0.3 is 15.2 Å². The Morgan fingerprint density at radius 2 is 2.08 bits per heavy atom. The van der Waals surface area contributed by atoms with Crippen LogP contribution in [0, 0.1) is 0 Å². The second-order valence-corrected chi connectivity index (χ2v) is 7.90. The number of hydrogen-bond acceptors (Lipinski definition) is 8. The van der Waals surface area contributed by atoms with Crippen LogP contribution in [0.15, 0.2) is 22.3 Å². The molecule has 2 aliphatic rings. The molecule has 1 aliphatic carbocycles. The fourth-order valence-corrected chi connectivity index (χ4v) is 4.81. The maximum absolute atomic E-state index is 6.48. The summed E-state index contributed by atoms with van der Waals surface area (Å²) in [6.45, 7) is 0.929. The maximum atomic E-state index is 6.48. The molecule has 1 saturated carbocycles. The van der Waals surface area contributed by atoms with Crippen molar-refractivity contribution in [2.75, 3.05) is 11.4 Å². The topological polar surface area (TPSA) is 94.0 Å². The zero-order chi connectivity index (χ0) is 16.9. The maximum Gasteiger partial charge on any atom is 0.249 e. The quantitative estimate of drug-likeness (QED) is 0.728. The minimum Gasteiger partial charge on any atom is -0.344 e. The Labute approximate surface area is 161 Å². The number of hydrogen-bond donors (Lipinski definition) is 1. The molecule has 9 heteroatoms. The molecular weight excluding hydrogens is 372 g/mol. The van der Waals surface area contributed by atoms with Gasteiger partial charge in [0.05, 0.1) is 10.9 Å². The summed E-state index contributed by atoms with van der Waals surface area (Å²) < 4.78 is 5.65. The van der Waals surface area contributed by atoms with Gasteiger partial charge in [0.15, 0.2) is 5.82 Å². The van der Waals surface area contributed by atoms with Crippen LogP contribution in [0.3, 0.4) is 0 Å². The van der Waals surface area contributed by atoms with Crippen LogP contribution in [0.25, 0.3) is 10.2 Å². The Bertz CT molecular complexity index is 905. The molecule has 3 aromatic heterocycles. The molecule has 0 aromatic carbocycles. The minimum absolute atomic E-state index is 0. The van der Waals surface area contributed by atoms with Gasteiger partial charge in [0.1, 0.15) is 23.0 Å². The Morgan fingerprint density at radius 1 is 1.23 bits per heavy atom. The summed E-state index contributed by atoms with van der Waals surface area (Å²) in [4.78, 5) is 16.9. The highest BCUT2D eigenvalue weighted by molar-refractivity contribution is 7.16. The Hall–Kier alpha value is -1.77. The van der Waals surface area contributed by atoms with E-state index >= 15 is 0 Å². The van der Waals surface area contributed by atoms with E-state index in [9.17, 15) is 0 Å². The molecule has 2 fully saturated rings. The van der Waals surface area contributed by atoms with Gasteiger partial charge in [-0.05, 0) is 37.1 Å². The van der Waals surface area contributed by atoms with Gasteiger partial charge in [-0.1, -0.05) is 18.0 Å². The van der Waals surface area contributed by atoms with E-state index in [2.05, 4.69) is 31.5 Å². The SMILES string of the molecule is Cl.NC1(c2noc(C3CCCN3c3ncnc4sccc34)n2)CCCC1.